The third kappa shape index (κ3) is 18.3. The first-order chi connectivity index (χ1) is 38.3. The van der Waals surface area contributed by atoms with Crippen LogP contribution in [0.15, 0.2) is 155 Å². The Labute approximate surface area is 477 Å². The smallest absolute Gasteiger partial charge is 0.416 e. The maximum absolute atomic E-state index is 12.7. The molecule has 0 aliphatic rings. The number of thiocarbonyl (C=S) groups is 1. The summed E-state index contributed by atoms with van der Waals surface area (Å²) >= 11 is 13.9. The van der Waals surface area contributed by atoms with Gasteiger partial charge in [-0.2, -0.15) is 52.7 Å². The number of furan rings is 5. The number of ether oxygens (including phenoxy) is 1. The molecule has 0 unspecified atom stereocenters. The fourth-order valence-corrected chi connectivity index (χ4v) is 7.48. The number of hydrogen-bond donors (Lipinski definition) is 2. The van der Waals surface area contributed by atoms with E-state index in [4.69, 9.17) is 44.5 Å². The molecule has 4 aromatic carbocycles. The van der Waals surface area contributed by atoms with E-state index in [0.717, 1.165) is 48.5 Å². The standard InChI is InChI=1S/C16H8F3NO2S.C11H6BrF3O2.C11H7F3O2.C8H7F3O2.C5H5NOS.C3H5ClO/c17-16(18,19)10-4-3-9-6-14(22-13(9)7-10)11-8-23-15(20-11)12-2-1-5-21-12;12-5-8(16)10-3-6-1-2-7(11(13,14)15)4-9(6)17-10;1-6(15)9-4-7-2-3-8(11(12,13)14)5-10(7)16-9;1-13-7-3-2-5(4-6(7)12)8(9,10)11;6-5(8)4-2-1-3-7-4;1-3(5)2-4/h1-8H;1-4H,5H2;2-5H,1H3;2-4,12H,1H3;1-3H,(H2,6,8);2H2,1H3. The Balaban J connectivity index is 0.000000190. The number of benzene rings is 4. The van der Waals surface area contributed by atoms with Crippen molar-refractivity contribution in [1.29, 1.82) is 0 Å². The molecule has 0 fully saturated rings. The van der Waals surface area contributed by atoms with Gasteiger partial charge in [-0.25, -0.2) is 4.98 Å². The molecule has 0 bridgehead atoms. The van der Waals surface area contributed by atoms with Gasteiger partial charge in [0.1, 0.15) is 33.2 Å². The first kappa shape index (κ1) is 64.9. The average molecular weight is 1280 g/mol. The molecule has 0 amide bonds. The fourth-order valence-electron chi connectivity index (χ4n) is 6.31. The van der Waals surface area contributed by atoms with Gasteiger partial charge < -0.3 is 37.7 Å². The molecule has 0 saturated heterocycles. The Hall–Kier alpha value is -7.88. The number of nitrogens with two attached hydrogens (primary N) is 1. The van der Waals surface area contributed by atoms with Gasteiger partial charge in [0, 0.05) is 28.5 Å². The summed E-state index contributed by atoms with van der Waals surface area (Å²) in [7, 11) is 1.27. The van der Waals surface area contributed by atoms with E-state index in [1.807, 2.05) is 0 Å². The highest BCUT2D eigenvalue weighted by molar-refractivity contribution is 9.09. The molecule has 0 spiro atoms. The number of carbonyl (C=O) groups excluding carboxylic acids is 3. The van der Waals surface area contributed by atoms with Crippen LogP contribution in [0.25, 0.3) is 55.1 Å². The molecule has 6 heterocycles. The van der Waals surface area contributed by atoms with Gasteiger partial charge in [-0.3, -0.25) is 14.4 Å². The number of nitrogens with zero attached hydrogens (tertiary/aromatic N) is 1. The van der Waals surface area contributed by atoms with Gasteiger partial charge in [0.05, 0.1) is 53.1 Å². The van der Waals surface area contributed by atoms with Crippen LogP contribution in [0, 0.1) is 0 Å². The predicted molar refractivity (Wildman–Crippen MR) is 286 cm³/mol. The van der Waals surface area contributed by atoms with E-state index in [1.165, 1.54) is 68.9 Å². The van der Waals surface area contributed by atoms with E-state index < -0.39 is 52.7 Å². The molecule has 0 aliphatic carbocycles. The van der Waals surface area contributed by atoms with Gasteiger partial charge in [0.25, 0.3) is 0 Å². The van der Waals surface area contributed by atoms with Crippen LogP contribution in [0.3, 0.4) is 0 Å². The summed E-state index contributed by atoms with van der Waals surface area (Å²) in [5.74, 6) is 0.784. The summed E-state index contributed by atoms with van der Waals surface area (Å²) in [4.78, 5) is 36.7. The van der Waals surface area contributed by atoms with Crippen LogP contribution in [0.1, 0.15) is 63.0 Å². The summed E-state index contributed by atoms with van der Waals surface area (Å²) in [6.07, 6.45) is -14.6. The third-order valence-electron chi connectivity index (χ3n) is 10.2. The molecule has 10 aromatic rings. The second-order valence-corrected chi connectivity index (χ2v) is 18.4. The van der Waals surface area contributed by atoms with Crippen molar-refractivity contribution in [2.45, 2.75) is 38.6 Å². The Bertz CT molecular complexity index is 3770. The second kappa shape index (κ2) is 27.7. The van der Waals surface area contributed by atoms with Crippen LogP contribution in [-0.4, -0.2) is 50.7 Å². The van der Waals surface area contributed by atoms with Crippen LogP contribution in [-0.2, 0) is 29.5 Å². The zero-order valence-electron chi connectivity index (χ0n) is 41.9. The molecule has 10 rings (SSSR count). The minimum atomic E-state index is -4.44. The van der Waals surface area contributed by atoms with E-state index >= 15 is 0 Å². The van der Waals surface area contributed by atoms with Crippen LogP contribution in [0.4, 0.5) is 52.7 Å². The predicted octanol–water partition coefficient (Wildman–Crippen LogP) is 17.7. The second-order valence-electron chi connectivity index (χ2n) is 16.3. The third-order valence-corrected chi connectivity index (χ3v) is 12.2. The summed E-state index contributed by atoms with van der Waals surface area (Å²) in [6, 6.07) is 23.8. The van der Waals surface area contributed by atoms with Gasteiger partial charge in [-0.15, -0.1) is 22.9 Å². The van der Waals surface area contributed by atoms with E-state index in [0.29, 0.717) is 55.2 Å². The normalized spacial score (nSPS) is 11.4. The molecule has 82 heavy (non-hydrogen) atoms. The number of rotatable bonds is 8. The Morgan fingerprint density at radius 3 is 1.49 bits per heavy atom. The van der Waals surface area contributed by atoms with Crippen molar-refractivity contribution in [3.8, 4) is 33.7 Å². The first-order valence-electron chi connectivity index (χ1n) is 22.6. The molecule has 12 nitrogen and oxygen atoms in total. The molecule has 0 saturated carbocycles. The van der Waals surface area contributed by atoms with Crippen molar-refractivity contribution in [3.05, 3.63) is 173 Å². The average Bonchev–Trinajstić information content (AvgIpc) is 4.48. The number of carbonyl (C=O) groups is 3. The number of thiazole rings is 1. The van der Waals surface area contributed by atoms with Gasteiger partial charge in [-0.05, 0) is 104 Å². The number of fused-ring (bicyclic) bond motifs is 3. The van der Waals surface area contributed by atoms with Crippen molar-refractivity contribution in [2.75, 3.05) is 18.3 Å². The summed E-state index contributed by atoms with van der Waals surface area (Å²) in [5, 5.41) is 13.1. The molecular weight excluding hydrogens is 1240 g/mol. The first-order valence-corrected chi connectivity index (χ1v) is 25.5. The number of alkyl halides is 14. The zero-order valence-corrected chi connectivity index (χ0v) is 45.8. The maximum atomic E-state index is 12.7. The van der Waals surface area contributed by atoms with Gasteiger partial charge >= 0.3 is 24.7 Å². The lowest BCUT2D eigenvalue weighted by Gasteiger charge is -2.08. The van der Waals surface area contributed by atoms with Crippen LogP contribution in [0.2, 0.25) is 0 Å². The Morgan fingerprint density at radius 2 is 1.09 bits per heavy atom. The number of phenolic OH excluding ortho intramolecular Hbond substituents is 1. The molecule has 6 aromatic heterocycles. The SMILES string of the molecule is CC(=O)CCl.CC(=O)c1cc2ccc(C(F)(F)F)cc2o1.COc1ccc(C(F)(F)F)cc1O.FC(F)(F)c1ccc2cc(-c3csc(-c4ccco4)n3)oc2c1.NC(=S)c1ccco1.O=C(CBr)c1cc2ccc(C(F)(F)F)cc2o1. The molecule has 3 N–H and O–H groups in total. The van der Waals surface area contributed by atoms with Crippen molar-refractivity contribution >= 4 is 106 Å². The van der Waals surface area contributed by atoms with Crippen molar-refractivity contribution in [2.24, 2.45) is 5.73 Å². The summed E-state index contributed by atoms with van der Waals surface area (Å²) in [6.45, 7) is 2.75. The Morgan fingerprint density at radius 1 is 0.634 bits per heavy atom. The topological polar surface area (TPSA) is 185 Å². The largest absolute Gasteiger partial charge is 0.504 e. The number of aromatic hydroxyl groups is 1. The number of halogens is 14. The summed E-state index contributed by atoms with van der Waals surface area (Å²) < 4.78 is 179. The number of hydrogen-bond acceptors (Lipinski definition) is 13. The Kier molecular flexibility index (Phi) is 22.0. The van der Waals surface area contributed by atoms with Gasteiger partial charge in [0.2, 0.25) is 5.78 Å². The molecular formula is C54H38BrClF12N2O10S2. The molecule has 28 heteroatoms. The van der Waals surface area contributed by atoms with Crippen molar-refractivity contribution in [1.82, 2.24) is 4.98 Å². The highest BCUT2D eigenvalue weighted by Gasteiger charge is 2.34. The maximum Gasteiger partial charge on any atom is 0.416 e. The summed E-state index contributed by atoms with van der Waals surface area (Å²) in [5.41, 5.74) is 2.85. The number of aromatic nitrogens is 1. The van der Waals surface area contributed by atoms with E-state index in [-0.39, 0.29) is 62.6 Å². The number of ketones is 3. The minimum absolute atomic E-state index is 0.0201. The van der Waals surface area contributed by atoms with E-state index in [2.05, 4.69) is 37.9 Å². The lowest BCUT2D eigenvalue weighted by atomic mass is 10.1. The lowest BCUT2D eigenvalue weighted by Crippen LogP contribution is -2.07. The van der Waals surface area contributed by atoms with Gasteiger partial charge in [0.15, 0.2) is 51.1 Å². The van der Waals surface area contributed by atoms with Crippen molar-refractivity contribution < 1.29 is 99.0 Å². The van der Waals surface area contributed by atoms with Crippen LogP contribution in [0.5, 0.6) is 11.5 Å². The monoisotopic (exact) mass is 1280 g/mol. The van der Waals surface area contributed by atoms with Gasteiger partial charge in [-0.1, -0.05) is 46.3 Å². The van der Waals surface area contributed by atoms with Crippen LogP contribution < -0.4 is 10.5 Å². The van der Waals surface area contributed by atoms with E-state index in [1.54, 1.807) is 42.0 Å². The lowest BCUT2D eigenvalue weighted by molar-refractivity contribution is -0.138. The molecule has 0 atom stereocenters. The quantitative estimate of drug-likeness (QED) is 0.0634. The number of Topliss-reactive ketones (excluding diaryl/α,β-unsaturated/α-hetero) is 3. The number of methoxy groups -OCH3 is 1. The highest BCUT2D eigenvalue weighted by Crippen LogP contribution is 2.38. The minimum Gasteiger partial charge on any atom is -0.504 e. The fraction of sp³-hybridized carbons (Fsp3) is 0.167. The molecule has 0 aliphatic heterocycles. The number of phenols is 1. The van der Waals surface area contributed by atoms with Crippen molar-refractivity contribution in [3.63, 3.8) is 0 Å². The van der Waals surface area contributed by atoms with E-state index in [9.17, 15) is 67.1 Å². The highest BCUT2D eigenvalue weighted by atomic mass is 79.9. The zero-order chi connectivity index (χ0) is 60.9. The molecule has 0 radical (unpaired) electrons. The van der Waals surface area contributed by atoms with Crippen LogP contribution >= 0.6 is 51.1 Å². The molecule has 434 valence electrons.